The molecule has 0 unspecified atom stereocenters. The molecule has 1 aromatic heterocycles. The molecule has 0 atom stereocenters. The summed E-state index contributed by atoms with van der Waals surface area (Å²) in [5.41, 5.74) is 0.804. The number of carbonyl (C=O) groups is 1. The lowest BCUT2D eigenvalue weighted by Crippen LogP contribution is -2.16. The van der Waals surface area contributed by atoms with Crippen LogP contribution in [0.5, 0.6) is 11.5 Å². The Hall–Kier alpha value is -3.64. The van der Waals surface area contributed by atoms with E-state index in [1.807, 2.05) is 0 Å². The molecule has 0 aliphatic carbocycles. The minimum atomic E-state index is -0.493. The van der Waals surface area contributed by atoms with E-state index in [-0.39, 0.29) is 12.2 Å². The van der Waals surface area contributed by atoms with Gasteiger partial charge in [-0.25, -0.2) is 0 Å². The van der Waals surface area contributed by atoms with Crippen molar-refractivity contribution in [1.29, 1.82) is 0 Å². The number of benzene rings is 2. The van der Waals surface area contributed by atoms with Crippen molar-refractivity contribution in [1.82, 2.24) is 4.57 Å². The molecule has 0 aliphatic heterocycles. The van der Waals surface area contributed by atoms with Gasteiger partial charge in [-0.2, -0.15) is 4.99 Å². The molecule has 0 radical (unpaired) electrons. The summed E-state index contributed by atoms with van der Waals surface area (Å²) in [6.45, 7) is 0.124. The summed E-state index contributed by atoms with van der Waals surface area (Å²) in [5.74, 6) is 2.90. The summed E-state index contributed by atoms with van der Waals surface area (Å²) in [4.78, 5) is 27.8. The average Bonchev–Trinajstić information content (AvgIpc) is 3.03. The zero-order valence-electron chi connectivity index (χ0n) is 15.0. The first kappa shape index (κ1) is 19.1. The molecule has 28 heavy (non-hydrogen) atoms. The Balaban J connectivity index is 2.13. The van der Waals surface area contributed by atoms with Crippen LogP contribution >= 0.6 is 11.3 Å². The first-order chi connectivity index (χ1) is 13.5. The third-order valence-electron chi connectivity index (χ3n) is 3.95. The smallest absolute Gasteiger partial charge is 0.279 e. The Morgan fingerprint density at radius 2 is 2.00 bits per heavy atom. The van der Waals surface area contributed by atoms with Gasteiger partial charge in [0.15, 0.2) is 16.3 Å². The Kier molecular flexibility index (Phi) is 5.42. The minimum absolute atomic E-state index is 0.0613. The van der Waals surface area contributed by atoms with E-state index in [2.05, 4.69) is 10.9 Å². The van der Waals surface area contributed by atoms with Gasteiger partial charge >= 0.3 is 0 Å². The second kappa shape index (κ2) is 7.94. The lowest BCUT2D eigenvalue weighted by molar-refractivity contribution is -0.384. The fraction of sp³-hybridized carbons (Fsp3) is 0.158. The highest BCUT2D eigenvalue weighted by Gasteiger charge is 2.14. The molecule has 1 heterocycles. The molecule has 142 valence electrons. The monoisotopic (exact) mass is 397 g/mol. The summed E-state index contributed by atoms with van der Waals surface area (Å²) in [5, 5.41) is 11.1. The molecule has 0 aliphatic rings. The van der Waals surface area contributed by atoms with Crippen LogP contribution in [0.4, 0.5) is 5.69 Å². The number of thiazole rings is 1. The molecule has 8 nitrogen and oxygen atoms in total. The van der Waals surface area contributed by atoms with Gasteiger partial charge in [-0.1, -0.05) is 17.3 Å². The quantitative estimate of drug-likeness (QED) is 0.375. The largest absolute Gasteiger partial charge is 0.493 e. The van der Waals surface area contributed by atoms with E-state index in [1.54, 1.807) is 22.8 Å². The molecule has 0 bridgehead atoms. The predicted octanol–water partition coefficient (Wildman–Crippen LogP) is 3.00. The van der Waals surface area contributed by atoms with Crippen LogP contribution in [0, 0.1) is 22.5 Å². The van der Waals surface area contributed by atoms with Gasteiger partial charge < -0.3 is 14.0 Å². The zero-order valence-corrected chi connectivity index (χ0v) is 15.9. The standard InChI is InChI=1S/C19H15N3O5S/c1-4-9-21-14-11-13(22(24)25)6-8-17(14)28-19(21)20-18(23)12-5-7-15(26-2)16(10-12)27-3/h1,5-8,10-11H,9H2,2-3H3. The first-order valence-electron chi connectivity index (χ1n) is 8.00. The second-order valence-electron chi connectivity index (χ2n) is 5.57. The summed E-state index contributed by atoms with van der Waals surface area (Å²) in [6, 6.07) is 9.17. The summed E-state index contributed by atoms with van der Waals surface area (Å²) in [6.07, 6.45) is 5.43. The molecule has 0 saturated heterocycles. The number of aromatic nitrogens is 1. The topological polar surface area (TPSA) is 96.0 Å². The van der Waals surface area contributed by atoms with Crippen LogP contribution in [0.1, 0.15) is 10.4 Å². The van der Waals surface area contributed by atoms with E-state index >= 15 is 0 Å². The Bertz CT molecular complexity index is 1190. The van der Waals surface area contributed by atoms with Gasteiger partial charge in [-0.05, 0) is 24.3 Å². The number of nitro groups is 1. The molecule has 3 rings (SSSR count). The van der Waals surface area contributed by atoms with Crippen molar-refractivity contribution in [3.8, 4) is 23.8 Å². The maximum Gasteiger partial charge on any atom is 0.279 e. The van der Waals surface area contributed by atoms with E-state index in [9.17, 15) is 14.9 Å². The number of hydrogen-bond acceptors (Lipinski definition) is 6. The van der Waals surface area contributed by atoms with E-state index in [4.69, 9.17) is 15.9 Å². The summed E-state index contributed by atoms with van der Waals surface area (Å²) in [7, 11) is 2.98. The van der Waals surface area contributed by atoms with Crippen molar-refractivity contribution in [3.63, 3.8) is 0 Å². The predicted molar refractivity (Wildman–Crippen MR) is 105 cm³/mol. The Morgan fingerprint density at radius 3 is 2.64 bits per heavy atom. The molecule has 0 spiro atoms. The SMILES string of the molecule is C#CCn1c(=NC(=O)c2ccc(OC)c(OC)c2)sc2ccc([N+](=O)[O-])cc21. The van der Waals surface area contributed by atoms with Crippen LogP contribution in [0.2, 0.25) is 0 Å². The second-order valence-corrected chi connectivity index (χ2v) is 6.58. The van der Waals surface area contributed by atoms with Crippen LogP contribution in [0.3, 0.4) is 0 Å². The Morgan fingerprint density at radius 1 is 1.25 bits per heavy atom. The lowest BCUT2D eigenvalue weighted by atomic mass is 10.2. The number of nitro benzene ring substituents is 1. The lowest BCUT2D eigenvalue weighted by Gasteiger charge is -2.07. The molecule has 0 saturated carbocycles. The van der Waals surface area contributed by atoms with Crippen molar-refractivity contribution >= 4 is 33.1 Å². The van der Waals surface area contributed by atoms with Crippen molar-refractivity contribution in [2.45, 2.75) is 6.54 Å². The van der Waals surface area contributed by atoms with Gasteiger partial charge in [0.2, 0.25) is 0 Å². The third-order valence-corrected chi connectivity index (χ3v) is 5.01. The summed E-state index contributed by atoms with van der Waals surface area (Å²) >= 11 is 1.23. The molecular weight excluding hydrogens is 382 g/mol. The van der Waals surface area contributed by atoms with Gasteiger partial charge in [-0.3, -0.25) is 14.9 Å². The molecule has 0 N–H and O–H groups in total. The van der Waals surface area contributed by atoms with Gasteiger partial charge in [0.1, 0.15) is 0 Å². The van der Waals surface area contributed by atoms with E-state index < -0.39 is 10.8 Å². The number of methoxy groups -OCH3 is 2. The summed E-state index contributed by atoms with van der Waals surface area (Å²) < 4.78 is 12.7. The number of hydrogen-bond donors (Lipinski definition) is 0. The van der Waals surface area contributed by atoms with Crippen molar-refractivity contribution in [2.24, 2.45) is 4.99 Å². The number of nitrogens with zero attached hydrogens (tertiary/aromatic N) is 3. The van der Waals surface area contributed by atoms with Gasteiger partial charge in [0.05, 0.1) is 35.9 Å². The van der Waals surface area contributed by atoms with Gasteiger partial charge in [-0.15, -0.1) is 6.42 Å². The number of amides is 1. The van der Waals surface area contributed by atoms with E-state index in [0.717, 1.165) is 4.70 Å². The number of ether oxygens (including phenoxy) is 2. The average molecular weight is 397 g/mol. The van der Waals surface area contributed by atoms with Crippen LogP contribution < -0.4 is 14.3 Å². The molecule has 9 heteroatoms. The number of non-ortho nitro benzene ring substituents is 1. The molecular formula is C19H15N3O5S. The normalized spacial score (nSPS) is 11.2. The highest BCUT2D eigenvalue weighted by molar-refractivity contribution is 7.16. The maximum absolute atomic E-state index is 12.7. The highest BCUT2D eigenvalue weighted by atomic mass is 32.1. The van der Waals surface area contributed by atoms with E-state index in [1.165, 1.54) is 43.8 Å². The zero-order chi connectivity index (χ0) is 20.3. The van der Waals surface area contributed by atoms with Crippen LogP contribution in [0.15, 0.2) is 41.4 Å². The van der Waals surface area contributed by atoms with Crippen LogP contribution in [0.25, 0.3) is 10.2 Å². The van der Waals surface area contributed by atoms with Crippen molar-refractivity contribution < 1.29 is 19.2 Å². The fourth-order valence-corrected chi connectivity index (χ4v) is 3.63. The maximum atomic E-state index is 12.7. The number of carbonyl (C=O) groups excluding carboxylic acids is 1. The van der Waals surface area contributed by atoms with Gasteiger partial charge in [0, 0.05) is 17.7 Å². The number of fused-ring (bicyclic) bond motifs is 1. The van der Waals surface area contributed by atoms with Gasteiger partial charge in [0.25, 0.3) is 11.6 Å². The van der Waals surface area contributed by atoms with Crippen molar-refractivity contribution in [2.75, 3.05) is 14.2 Å². The van der Waals surface area contributed by atoms with E-state index in [0.29, 0.717) is 27.4 Å². The minimum Gasteiger partial charge on any atom is -0.493 e. The molecule has 3 aromatic rings. The number of terminal acetylenes is 1. The highest BCUT2D eigenvalue weighted by Crippen LogP contribution is 2.28. The Labute approximate surface area is 163 Å². The molecule has 1 amide bonds. The molecule has 0 fully saturated rings. The third kappa shape index (κ3) is 3.58. The molecule has 2 aromatic carbocycles. The fourth-order valence-electron chi connectivity index (χ4n) is 2.62. The van der Waals surface area contributed by atoms with Crippen molar-refractivity contribution in [3.05, 3.63) is 56.9 Å². The van der Waals surface area contributed by atoms with Crippen LogP contribution in [-0.2, 0) is 6.54 Å². The number of rotatable bonds is 5. The van der Waals surface area contributed by atoms with Crippen LogP contribution in [-0.4, -0.2) is 29.6 Å². The first-order valence-corrected chi connectivity index (χ1v) is 8.82.